The topological polar surface area (TPSA) is 59.0 Å². The largest absolute Gasteiger partial charge is 0.365 e. The summed E-state index contributed by atoms with van der Waals surface area (Å²) in [5.74, 6) is 0.462. The van der Waals surface area contributed by atoms with E-state index < -0.39 is 0 Å². The highest BCUT2D eigenvalue weighted by atomic mass is 16.1. The van der Waals surface area contributed by atoms with Gasteiger partial charge in [0, 0.05) is 31.0 Å². The van der Waals surface area contributed by atoms with Crippen molar-refractivity contribution in [3.05, 3.63) is 22.7 Å². The molecule has 1 fully saturated rings. The van der Waals surface area contributed by atoms with Crippen molar-refractivity contribution in [1.29, 1.82) is 0 Å². The highest BCUT2D eigenvalue weighted by Gasteiger charge is 2.13. The fourth-order valence-corrected chi connectivity index (χ4v) is 2.32. The number of nitrogens with zero attached hydrogens (tertiary/aromatic N) is 2. The minimum atomic E-state index is -0.0353. The zero-order valence-electron chi connectivity index (χ0n) is 11.1. The van der Waals surface area contributed by atoms with Crippen molar-refractivity contribution in [3.8, 4) is 0 Å². The molecule has 0 aromatic carbocycles. The average molecular weight is 250 g/mol. The van der Waals surface area contributed by atoms with Crippen LogP contribution in [0, 0.1) is 0 Å². The van der Waals surface area contributed by atoms with Crippen molar-refractivity contribution >= 4 is 5.82 Å². The second-order valence-electron chi connectivity index (χ2n) is 5.09. The molecule has 0 aliphatic carbocycles. The van der Waals surface area contributed by atoms with Gasteiger partial charge in [0.15, 0.2) is 5.82 Å². The summed E-state index contributed by atoms with van der Waals surface area (Å²) in [4.78, 5) is 16.2. The summed E-state index contributed by atoms with van der Waals surface area (Å²) < 4.78 is 1.70. The van der Waals surface area contributed by atoms with E-state index in [4.69, 9.17) is 0 Å². The SMILES string of the molecule is CC(C)n1ccnc(NCC[C@@H]2CCCN2)c1=O. The van der Waals surface area contributed by atoms with Crippen LogP contribution in [0.5, 0.6) is 0 Å². The summed E-state index contributed by atoms with van der Waals surface area (Å²) >= 11 is 0. The van der Waals surface area contributed by atoms with Gasteiger partial charge in [0.25, 0.3) is 5.56 Å². The predicted molar refractivity (Wildman–Crippen MR) is 73.0 cm³/mol. The van der Waals surface area contributed by atoms with Crippen molar-refractivity contribution < 1.29 is 0 Å². The molecule has 1 aromatic rings. The van der Waals surface area contributed by atoms with Gasteiger partial charge in [0.1, 0.15) is 0 Å². The van der Waals surface area contributed by atoms with Crippen molar-refractivity contribution in [1.82, 2.24) is 14.9 Å². The number of aromatic nitrogens is 2. The number of hydrogen-bond donors (Lipinski definition) is 2. The van der Waals surface area contributed by atoms with Crippen LogP contribution in [0.4, 0.5) is 5.82 Å². The Labute approximate surface area is 108 Å². The van der Waals surface area contributed by atoms with Crippen LogP contribution in [-0.4, -0.2) is 28.7 Å². The lowest BCUT2D eigenvalue weighted by atomic mass is 10.1. The van der Waals surface area contributed by atoms with E-state index in [1.165, 1.54) is 12.8 Å². The van der Waals surface area contributed by atoms with E-state index in [1.54, 1.807) is 17.0 Å². The normalized spacial score (nSPS) is 19.4. The molecule has 18 heavy (non-hydrogen) atoms. The summed E-state index contributed by atoms with van der Waals surface area (Å²) in [5.41, 5.74) is -0.0353. The zero-order chi connectivity index (χ0) is 13.0. The number of nitrogens with one attached hydrogen (secondary N) is 2. The summed E-state index contributed by atoms with van der Waals surface area (Å²) in [6.45, 7) is 5.90. The molecule has 2 N–H and O–H groups in total. The lowest BCUT2D eigenvalue weighted by Crippen LogP contribution is -2.28. The molecule has 0 saturated carbocycles. The molecular weight excluding hydrogens is 228 g/mol. The minimum Gasteiger partial charge on any atom is -0.365 e. The smallest absolute Gasteiger partial charge is 0.293 e. The average Bonchev–Trinajstić information content (AvgIpc) is 2.84. The summed E-state index contributed by atoms with van der Waals surface area (Å²) in [6.07, 6.45) is 6.94. The first-order valence-electron chi connectivity index (χ1n) is 6.73. The van der Waals surface area contributed by atoms with Gasteiger partial charge in [-0.05, 0) is 39.7 Å². The standard InChI is InChI=1S/C13H22N4O/c1-10(2)17-9-8-16-12(13(17)18)15-7-5-11-4-3-6-14-11/h8-11,14H,3-7H2,1-2H3,(H,15,16)/t11-/m0/s1. The molecule has 2 rings (SSSR count). The summed E-state index contributed by atoms with van der Waals surface area (Å²) in [7, 11) is 0. The lowest BCUT2D eigenvalue weighted by molar-refractivity contribution is 0.566. The van der Waals surface area contributed by atoms with Crippen molar-refractivity contribution in [2.45, 2.75) is 45.2 Å². The van der Waals surface area contributed by atoms with Crippen LogP contribution >= 0.6 is 0 Å². The molecule has 5 heteroatoms. The fraction of sp³-hybridized carbons (Fsp3) is 0.692. The van der Waals surface area contributed by atoms with Gasteiger partial charge in [-0.25, -0.2) is 4.98 Å². The Balaban J connectivity index is 1.92. The molecule has 0 amide bonds. The Bertz CT molecular complexity index is 435. The monoisotopic (exact) mass is 250 g/mol. The third-order valence-electron chi connectivity index (χ3n) is 3.37. The van der Waals surface area contributed by atoms with Crippen molar-refractivity contribution in [2.75, 3.05) is 18.4 Å². The highest BCUT2D eigenvalue weighted by molar-refractivity contribution is 5.30. The second-order valence-corrected chi connectivity index (χ2v) is 5.09. The van der Waals surface area contributed by atoms with Gasteiger partial charge >= 0.3 is 0 Å². The molecule has 1 aromatic heterocycles. The van der Waals surface area contributed by atoms with Gasteiger partial charge in [-0.15, -0.1) is 0 Å². The fourth-order valence-electron chi connectivity index (χ4n) is 2.32. The molecular formula is C13H22N4O. The molecule has 2 heterocycles. The van der Waals surface area contributed by atoms with Crippen molar-refractivity contribution in [3.63, 3.8) is 0 Å². The Kier molecular flexibility index (Phi) is 4.36. The van der Waals surface area contributed by atoms with Crippen LogP contribution in [0.25, 0.3) is 0 Å². The second kappa shape index (κ2) is 6.00. The molecule has 100 valence electrons. The molecule has 1 atom stereocenters. The molecule has 0 spiro atoms. The van der Waals surface area contributed by atoms with Crippen LogP contribution in [0.2, 0.25) is 0 Å². The third kappa shape index (κ3) is 3.10. The quantitative estimate of drug-likeness (QED) is 0.829. The Morgan fingerprint density at radius 1 is 1.61 bits per heavy atom. The van der Waals surface area contributed by atoms with E-state index in [0.29, 0.717) is 11.9 Å². The molecule has 0 bridgehead atoms. The lowest BCUT2D eigenvalue weighted by Gasteiger charge is -2.13. The van der Waals surface area contributed by atoms with Crippen molar-refractivity contribution in [2.24, 2.45) is 0 Å². The van der Waals surface area contributed by atoms with E-state index in [0.717, 1.165) is 19.5 Å². The maximum absolute atomic E-state index is 12.1. The van der Waals surface area contributed by atoms with Gasteiger partial charge in [0.2, 0.25) is 0 Å². The molecule has 0 radical (unpaired) electrons. The first kappa shape index (κ1) is 13.1. The maximum atomic E-state index is 12.1. The molecule has 1 aliphatic rings. The van der Waals surface area contributed by atoms with Crippen LogP contribution in [0.1, 0.15) is 39.2 Å². The summed E-state index contributed by atoms with van der Waals surface area (Å²) in [5, 5.41) is 6.59. The Morgan fingerprint density at radius 3 is 3.11 bits per heavy atom. The maximum Gasteiger partial charge on any atom is 0.293 e. The van der Waals surface area contributed by atoms with E-state index >= 15 is 0 Å². The van der Waals surface area contributed by atoms with Gasteiger partial charge in [0.05, 0.1) is 0 Å². The number of anilines is 1. The van der Waals surface area contributed by atoms with Gasteiger partial charge < -0.3 is 15.2 Å². The first-order chi connectivity index (χ1) is 8.68. The third-order valence-corrected chi connectivity index (χ3v) is 3.37. The summed E-state index contributed by atoms with van der Waals surface area (Å²) in [6, 6.07) is 0.756. The van der Waals surface area contributed by atoms with Crippen LogP contribution in [0.3, 0.4) is 0 Å². The first-order valence-corrected chi connectivity index (χ1v) is 6.73. The molecule has 0 unspecified atom stereocenters. The van der Waals surface area contributed by atoms with Gasteiger partial charge in [-0.2, -0.15) is 0 Å². The van der Waals surface area contributed by atoms with Crippen LogP contribution < -0.4 is 16.2 Å². The van der Waals surface area contributed by atoms with Crippen LogP contribution in [0.15, 0.2) is 17.2 Å². The van der Waals surface area contributed by atoms with Crippen LogP contribution in [-0.2, 0) is 0 Å². The predicted octanol–water partition coefficient (Wildman–Crippen LogP) is 1.38. The zero-order valence-corrected chi connectivity index (χ0v) is 11.1. The van der Waals surface area contributed by atoms with E-state index in [-0.39, 0.29) is 11.6 Å². The van der Waals surface area contributed by atoms with E-state index in [1.807, 2.05) is 13.8 Å². The van der Waals surface area contributed by atoms with E-state index in [9.17, 15) is 4.79 Å². The highest BCUT2D eigenvalue weighted by Crippen LogP contribution is 2.08. The molecule has 1 saturated heterocycles. The Hall–Kier alpha value is -1.36. The Morgan fingerprint density at radius 2 is 2.44 bits per heavy atom. The van der Waals surface area contributed by atoms with E-state index in [2.05, 4.69) is 15.6 Å². The number of hydrogen-bond acceptors (Lipinski definition) is 4. The molecule has 1 aliphatic heterocycles. The minimum absolute atomic E-state index is 0.0353. The van der Waals surface area contributed by atoms with Gasteiger partial charge in [-0.3, -0.25) is 4.79 Å². The molecule has 5 nitrogen and oxygen atoms in total. The van der Waals surface area contributed by atoms with Gasteiger partial charge in [-0.1, -0.05) is 0 Å². The number of rotatable bonds is 5.